The van der Waals surface area contributed by atoms with Gasteiger partial charge in [0.2, 0.25) is 11.8 Å². The zero-order valence-electron chi connectivity index (χ0n) is 18.4. The van der Waals surface area contributed by atoms with E-state index in [1.54, 1.807) is 0 Å². The fraction of sp³-hybridized carbons (Fsp3) is 0.625. The second-order valence-electron chi connectivity index (χ2n) is 8.54. The van der Waals surface area contributed by atoms with Crippen molar-refractivity contribution in [2.75, 3.05) is 13.7 Å². The smallest absolute Gasteiger partial charge is 0.328 e. The number of amides is 2. The van der Waals surface area contributed by atoms with E-state index in [1.807, 2.05) is 24.3 Å². The molecule has 7 nitrogen and oxygen atoms in total. The number of carbonyl (C=O) groups excluding carboxylic acids is 3. The minimum Gasteiger partial charge on any atom is -0.494 e. The Hall–Kier alpha value is -2.57. The lowest BCUT2D eigenvalue weighted by atomic mass is 9.83. The normalized spacial score (nSPS) is 24.4. The van der Waals surface area contributed by atoms with Crippen LogP contribution in [0.3, 0.4) is 0 Å². The summed E-state index contributed by atoms with van der Waals surface area (Å²) in [6.07, 6.45) is 8.23. The van der Waals surface area contributed by atoms with Gasteiger partial charge in [0.1, 0.15) is 17.8 Å². The number of benzene rings is 1. The van der Waals surface area contributed by atoms with Gasteiger partial charge in [-0.05, 0) is 55.7 Å². The molecule has 2 N–H and O–H groups in total. The summed E-state index contributed by atoms with van der Waals surface area (Å²) in [5.41, 5.74) is 0.874. The standard InChI is InChI=1S/C24H34N2O5/c1-30-24(29)20-16-17-9-8-12-19(15-17)31-14-7-3-6-13-21(27)26-22(23(28)25-20)18-10-4-2-5-11-18/h8-9,12,15,18,20,22H,2-7,10-11,13-14,16H2,1H3,(H,25,28)(H,26,27). The maximum atomic E-state index is 13.2. The first-order valence-electron chi connectivity index (χ1n) is 11.5. The minimum atomic E-state index is -0.830. The van der Waals surface area contributed by atoms with Crippen molar-refractivity contribution in [2.45, 2.75) is 76.3 Å². The van der Waals surface area contributed by atoms with Gasteiger partial charge in [0.15, 0.2) is 0 Å². The molecule has 0 aromatic heterocycles. The lowest BCUT2D eigenvalue weighted by Gasteiger charge is -2.31. The van der Waals surface area contributed by atoms with Crippen molar-refractivity contribution < 1.29 is 23.9 Å². The molecule has 2 unspecified atom stereocenters. The fourth-order valence-corrected chi connectivity index (χ4v) is 4.46. The Kier molecular flexibility index (Phi) is 8.74. The Bertz CT molecular complexity index is 760. The van der Waals surface area contributed by atoms with Crippen molar-refractivity contribution in [3.05, 3.63) is 29.8 Å². The van der Waals surface area contributed by atoms with Crippen LogP contribution in [0.5, 0.6) is 5.75 Å². The molecule has 1 fully saturated rings. The van der Waals surface area contributed by atoms with Crippen molar-refractivity contribution in [3.63, 3.8) is 0 Å². The third kappa shape index (κ3) is 6.97. The lowest BCUT2D eigenvalue weighted by molar-refractivity contribution is -0.145. The predicted octanol–water partition coefficient (Wildman–Crippen LogP) is 2.90. The highest BCUT2D eigenvalue weighted by Gasteiger charge is 2.33. The van der Waals surface area contributed by atoms with Crippen LogP contribution in [0.2, 0.25) is 0 Å². The summed E-state index contributed by atoms with van der Waals surface area (Å²) >= 11 is 0. The Balaban J connectivity index is 1.83. The second kappa shape index (κ2) is 11.7. The highest BCUT2D eigenvalue weighted by atomic mass is 16.5. The zero-order valence-corrected chi connectivity index (χ0v) is 18.4. The molecule has 1 aromatic carbocycles. The van der Waals surface area contributed by atoms with Gasteiger partial charge < -0.3 is 20.1 Å². The van der Waals surface area contributed by atoms with E-state index in [9.17, 15) is 14.4 Å². The SMILES string of the molecule is COC(=O)C1Cc2cccc(c2)OCCCCCC(=O)NC(C2CCCCC2)C(=O)N1. The number of methoxy groups -OCH3 is 1. The van der Waals surface area contributed by atoms with Crippen LogP contribution in [-0.4, -0.2) is 43.6 Å². The predicted molar refractivity (Wildman–Crippen MR) is 117 cm³/mol. The van der Waals surface area contributed by atoms with E-state index in [1.165, 1.54) is 7.11 Å². The molecule has 1 aliphatic heterocycles. The van der Waals surface area contributed by atoms with Crippen molar-refractivity contribution in [1.29, 1.82) is 0 Å². The van der Waals surface area contributed by atoms with Crippen LogP contribution in [0, 0.1) is 5.92 Å². The molecule has 2 aliphatic rings. The first-order chi connectivity index (χ1) is 15.1. The minimum absolute atomic E-state index is 0.0895. The van der Waals surface area contributed by atoms with Gasteiger partial charge in [-0.1, -0.05) is 31.4 Å². The molecule has 0 saturated heterocycles. The van der Waals surface area contributed by atoms with Crippen LogP contribution in [-0.2, 0) is 25.5 Å². The zero-order chi connectivity index (χ0) is 22.1. The molecule has 7 heteroatoms. The van der Waals surface area contributed by atoms with Gasteiger partial charge in [-0.2, -0.15) is 0 Å². The molecule has 1 aromatic rings. The van der Waals surface area contributed by atoms with Gasteiger partial charge >= 0.3 is 5.97 Å². The van der Waals surface area contributed by atoms with E-state index in [2.05, 4.69) is 10.6 Å². The average Bonchev–Trinajstić information content (AvgIpc) is 2.79. The van der Waals surface area contributed by atoms with Crippen LogP contribution in [0.4, 0.5) is 0 Å². The summed E-state index contributed by atoms with van der Waals surface area (Å²) in [6, 6.07) is 6.11. The number of hydrogen-bond acceptors (Lipinski definition) is 5. The number of carbonyl (C=O) groups is 3. The molecule has 2 bridgehead atoms. The van der Waals surface area contributed by atoms with Crippen LogP contribution in [0.25, 0.3) is 0 Å². The summed E-state index contributed by atoms with van der Waals surface area (Å²) in [7, 11) is 1.31. The average molecular weight is 431 g/mol. The molecule has 31 heavy (non-hydrogen) atoms. The molecule has 1 saturated carbocycles. The molecule has 2 amide bonds. The van der Waals surface area contributed by atoms with E-state index in [0.29, 0.717) is 19.4 Å². The van der Waals surface area contributed by atoms with Crippen molar-refractivity contribution in [1.82, 2.24) is 10.6 Å². The van der Waals surface area contributed by atoms with Gasteiger partial charge in [-0.3, -0.25) is 9.59 Å². The summed E-state index contributed by atoms with van der Waals surface area (Å²) in [5, 5.41) is 5.82. The summed E-state index contributed by atoms with van der Waals surface area (Å²) in [6.45, 7) is 0.576. The maximum absolute atomic E-state index is 13.2. The molecule has 0 radical (unpaired) electrons. The number of rotatable bonds is 2. The second-order valence-corrected chi connectivity index (χ2v) is 8.54. The number of esters is 1. The van der Waals surface area contributed by atoms with Gasteiger partial charge in [-0.15, -0.1) is 0 Å². The van der Waals surface area contributed by atoms with Crippen molar-refractivity contribution in [2.24, 2.45) is 5.92 Å². The molecule has 1 aliphatic carbocycles. The molecule has 0 spiro atoms. The van der Waals surface area contributed by atoms with Crippen LogP contribution in [0.15, 0.2) is 24.3 Å². The van der Waals surface area contributed by atoms with Gasteiger partial charge in [-0.25, -0.2) is 4.79 Å². The third-order valence-corrected chi connectivity index (χ3v) is 6.18. The van der Waals surface area contributed by atoms with E-state index >= 15 is 0 Å². The quantitative estimate of drug-likeness (QED) is 0.704. The highest BCUT2D eigenvalue weighted by molar-refractivity contribution is 5.91. The topological polar surface area (TPSA) is 93.7 Å². The van der Waals surface area contributed by atoms with E-state index < -0.39 is 18.1 Å². The van der Waals surface area contributed by atoms with E-state index in [0.717, 1.165) is 62.7 Å². The summed E-state index contributed by atoms with van der Waals surface area (Å²) < 4.78 is 10.8. The lowest BCUT2D eigenvalue weighted by Crippen LogP contribution is -2.55. The Morgan fingerprint density at radius 2 is 1.81 bits per heavy atom. The van der Waals surface area contributed by atoms with E-state index in [4.69, 9.17) is 9.47 Å². The number of nitrogens with one attached hydrogen (secondary N) is 2. The summed E-state index contributed by atoms with van der Waals surface area (Å²) in [4.78, 5) is 38.3. The molecule has 3 rings (SSSR count). The number of fused-ring (bicyclic) bond motifs is 2. The molecular formula is C24H34N2O5. The first kappa shape index (κ1) is 23.1. The fourth-order valence-electron chi connectivity index (χ4n) is 4.46. The molecular weight excluding hydrogens is 396 g/mol. The van der Waals surface area contributed by atoms with E-state index in [-0.39, 0.29) is 17.7 Å². The monoisotopic (exact) mass is 430 g/mol. The summed E-state index contributed by atoms with van der Waals surface area (Å²) in [5.74, 6) is -0.104. The highest BCUT2D eigenvalue weighted by Crippen LogP contribution is 2.27. The third-order valence-electron chi connectivity index (χ3n) is 6.18. The van der Waals surface area contributed by atoms with Crippen LogP contribution < -0.4 is 15.4 Å². The number of hydrogen-bond donors (Lipinski definition) is 2. The van der Waals surface area contributed by atoms with Gasteiger partial charge in [0.25, 0.3) is 0 Å². The van der Waals surface area contributed by atoms with Gasteiger partial charge in [0.05, 0.1) is 13.7 Å². The van der Waals surface area contributed by atoms with Crippen LogP contribution in [0.1, 0.15) is 63.4 Å². The Labute approximate surface area is 184 Å². The van der Waals surface area contributed by atoms with Crippen molar-refractivity contribution in [3.8, 4) is 5.75 Å². The molecule has 2 atom stereocenters. The first-order valence-corrected chi connectivity index (χ1v) is 11.5. The molecule has 170 valence electrons. The Morgan fingerprint density at radius 1 is 1.03 bits per heavy atom. The number of ether oxygens (including phenoxy) is 2. The largest absolute Gasteiger partial charge is 0.494 e. The maximum Gasteiger partial charge on any atom is 0.328 e. The van der Waals surface area contributed by atoms with Crippen LogP contribution >= 0.6 is 0 Å². The van der Waals surface area contributed by atoms with Crippen molar-refractivity contribution >= 4 is 17.8 Å². The molecule has 1 heterocycles. The van der Waals surface area contributed by atoms with Gasteiger partial charge in [0, 0.05) is 12.8 Å². The Morgan fingerprint density at radius 3 is 2.58 bits per heavy atom.